The van der Waals surface area contributed by atoms with Crippen molar-refractivity contribution >= 4 is 19.4 Å². The van der Waals surface area contributed by atoms with E-state index in [1.807, 2.05) is 19.1 Å². The Labute approximate surface area is 197 Å². The van der Waals surface area contributed by atoms with E-state index >= 15 is 0 Å². The predicted octanol–water partition coefficient (Wildman–Crippen LogP) is 4.17. The first kappa shape index (κ1) is 26.1. The Hall–Kier alpha value is -1.11. The van der Waals surface area contributed by atoms with E-state index in [4.69, 9.17) is 10.0 Å². The van der Waals surface area contributed by atoms with E-state index in [-0.39, 0.29) is 12.4 Å². The Morgan fingerprint density at radius 3 is 2.32 bits per heavy atom. The SMILES string of the molecule is C[C-]=C(C)/C(CNc1ccc(S(=O)(=O)CC2(CONO)CCCC2)cc1)=C(/C)[C](C)=[W]. The Morgan fingerprint density at radius 1 is 1.19 bits per heavy atom. The van der Waals surface area contributed by atoms with Gasteiger partial charge in [-0.25, -0.2) is 0 Å². The number of allylic oxidation sites excluding steroid dienone is 2. The molecule has 0 amide bonds. The minimum atomic E-state index is -3.46. The standard InChI is InChI=1S/C23H33N2O4S.W/c1-5-18(3)22(19(4)6-2)15-24-20-9-11-21(12-10-20)30(27,28)17-23(16-29-25-26)13-7-8-14-23;/h9-12,24-26H,7-8,13-17H2,1-4H3;/q-1;/b22-18-;. The van der Waals surface area contributed by atoms with Gasteiger partial charge < -0.3 is 0 Å². The number of hydrogen-bond acceptors (Lipinski definition) is 6. The van der Waals surface area contributed by atoms with Crippen LogP contribution in [0.25, 0.3) is 0 Å². The normalized spacial score (nSPS) is 17.4. The Bertz CT molecular complexity index is 931. The molecule has 1 aliphatic carbocycles. The molecule has 0 aromatic heterocycles. The van der Waals surface area contributed by atoms with E-state index in [0.29, 0.717) is 11.4 Å². The first-order chi connectivity index (χ1) is 14.6. The van der Waals surface area contributed by atoms with Crippen LogP contribution in [0.4, 0.5) is 5.69 Å². The van der Waals surface area contributed by atoms with Crippen LogP contribution in [0.15, 0.2) is 45.9 Å². The Kier molecular flexibility index (Phi) is 9.84. The van der Waals surface area contributed by atoms with Crippen molar-refractivity contribution in [2.45, 2.75) is 58.3 Å². The van der Waals surface area contributed by atoms with Crippen LogP contribution in [0.3, 0.4) is 0 Å². The van der Waals surface area contributed by atoms with Gasteiger partial charge in [0.15, 0.2) is 0 Å². The van der Waals surface area contributed by atoms with Gasteiger partial charge in [0.25, 0.3) is 0 Å². The molecule has 0 radical (unpaired) electrons. The molecule has 0 unspecified atom stereocenters. The van der Waals surface area contributed by atoms with E-state index in [0.717, 1.165) is 36.9 Å². The number of hydrogen-bond donors (Lipinski definition) is 3. The summed E-state index contributed by atoms with van der Waals surface area (Å²) in [6.07, 6.45) is 6.72. The second-order valence-electron chi connectivity index (χ2n) is 8.26. The predicted molar refractivity (Wildman–Crippen MR) is 120 cm³/mol. The summed E-state index contributed by atoms with van der Waals surface area (Å²) in [5.41, 5.74) is 5.71. The molecule has 0 atom stereocenters. The molecule has 1 saturated carbocycles. The van der Waals surface area contributed by atoms with Crippen molar-refractivity contribution in [2.24, 2.45) is 5.41 Å². The molecular weight excluding hydrogens is 584 g/mol. The number of anilines is 1. The summed E-state index contributed by atoms with van der Waals surface area (Å²) in [5.74, 6) is 0.0187. The van der Waals surface area contributed by atoms with Crippen molar-refractivity contribution in [3.05, 3.63) is 47.1 Å². The fraction of sp³-hybridized carbons (Fsp3) is 0.522. The first-order valence-electron chi connectivity index (χ1n) is 10.4. The van der Waals surface area contributed by atoms with Gasteiger partial charge in [0.1, 0.15) is 0 Å². The molecule has 0 aliphatic heterocycles. The zero-order valence-corrected chi connectivity index (χ0v) is 22.5. The Balaban J connectivity index is 2.13. The van der Waals surface area contributed by atoms with E-state index in [2.05, 4.69) is 32.2 Å². The minimum absolute atomic E-state index is 0.0187. The second-order valence-corrected chi connectivity index (χ2v) is 12.4. The molecule has 31 heavy (non-hydrogen) atoms. The fourth-order valence-electron chi connectivity index (χ4n) is 4.01. The van der Waals surface area contributed by atoms with Crippen molar-refractivity contribution in [2.75, 3.05) is 24.2 Å². The summed E-state index contributed by atoms with van der Waals surface area (Å²) in [7, 11) is -3.46. The molecule has 1 aromatic rings. The summed E-state index contributed by atoms with van der Waals surface area (Å²) in [5, 5.41) is 12.2. The molecule has 2 rings (SSSR count). The van der Waals surface area contributed by atoms with Crippen molar-refractivity contribution in [1.29, 1.82) is 0 Å². The number of benzene rings is 1. The van der Waals surface area contributed by atoms with Gasteiger partial charge >= 0.3 is 150 Å². The summed E-state index contributed by atoms with van der Waals surface area (Å²) in [6, 6.07) is 6.96. The molecule has 6 nitrogen and oxygen atoms in total. The van der Waals surface area contributed by atoms with Crippen LogP contribution in [0.2, 0.25) is 0 Å². The van der Waals surface area contributed by atoms with Crippen molar-refractivity contribution in [1.82, 2.24) is 5.64 Å². The molecule has 1 aliphatic rings. The molecule has 1 fully saturated rings. The number of rotatable bonds is 11. The zero-order chi connectivity index (χ0) is 23.1. The van der Waals surface area contributed by atoms with Crippen LogP contribution in [-0.4, -0.2) is 36.4 Å². The molecule has 0 spiro atoms. The van der Waals surface area contributed by atoms with E-state index < -0.39 is 15.3 Å². The van der Waals surface area contributed by atoms with Crippen LogP contribution in [0.1, 0.15) is 53.4 Å². The van der Waals surface area contributed by atoms with Crippen molar-refractivity contribution < 1.29 is 37.8 Å². The average Bonchev–Trinajstić information content (AvgIpc) is 3.20. The fourth-order valence-corrected chi connectivity index (χ4v) is 6.35. The molecule has 8 heteroatoms. The molecular formula is C23H33N2O4SW-. The molecule has 3 N–H and O–H groups in total. The van der Waals surface area contributed by atoms with Crippen molar-refractivity contribution in [3.8, 4) is 0 Å². The molecule has 1 aromatic carbocycles. The van der Waals surface area contributed by atoms with E-state index in [1.165, 1.54) is 34.4 Å². The maximum atomic E-state index is 13.0. The summed E-state index contributed by atoms with van der Waals surface area (Å²) in [4.78, 5) is 5.27. The van der Waals surface area contributed by atoms with E-state index in [1.54, 1.807) is 17.8 Å². The van der Waals surface area contributed by atoms with Gasteiger partial charge in [0, 0.05) is 0 Å². The van der Waals surface area contributed by atoms with Gasteiger partial charge in [-0.15, -0.1) is 0 Å². The quantitative estimate of drug-likeness (QED) is 0.197. The van der Waals surface area contributed by atoms with Crippen molar-refractivity contribution in [3.63, 3.8) is 0 Å². The third-order valence-corrected chi connectivity index (χ3v) is 9.18. The monoisotopic (exact) mass is 617 g/mol. The van der Waals surface area contributed by atoms with Gasteiger partial charge in [0.05, 0.1) is 6.61 Å². The summed E-state index contributed by atoms with van der Waals surface area (Å²) < 4.78 is 27.4. The van der Waals surface area contributed by atoms with Crippen LogP contribution in [-0.2, 0) is 34.0 Å². The van der Waals surface area contributed by atoms with Gasteiger partial charge in [-0.05, 0) is 12.8 Å². The number of sulfone groups is 1. The maximum absolute atomic E-state index is 13.0. The molecule has 172 valence electrons. The van der Waals surface area contributed by atoms with Crippen LogP contribution in [0, 0.1) is 11.5 Å². The third-order valence-electron chi connectivity index (χ3n) is 6.09. The van der Waals surface area contributed by atoms with Crippen LogP contribution < -0.4 is 11.0 Å². The topological polar surface area (TPSA) is 87.7 Å². The summed E-state index contributed by atoms with van der Waals surface area (Å²) in [6.45, 7) is 9.07. The zero-order valence-electron chi connectivity index (χ0n) is 18.7. The van der Waals surface area contributed by atoms with Gasteiger partial charge in [-0.2, -0.15) is 0 Å². The van der Waals surface area contributed by atoms with Crippen LogP contribution >= 0.6 is 0 Å². The molecule has 0 heterocycles. The molecule has 0 saturated heterocycles. The van der Waals surface area contributed by atoms with Gasteiger partial charge in [0.2, 0.25) is 0 Å². The van der Waals surface area contributed by atoms with E-state index in [9.17, 15) is 8.42 Å². The van der Waals surface area contributed by atoms with Gasteiger partial charge in [-0.1, -0.05) is 18.5 Å². The Morgan fingerprint density at radius 2 is 1.81 bits per heavy atom. The van der Waals surface area contributed by atoms with Gasteiger partial charge in [-0.3, -0.25) is 10.0 Å². The summed E-state index contributed by atoms with van der Waals surface area (Å²) >= 11 is 1.45. The third kappa shape index (κ3) is 7.19. The number of nitrogens with one attached hydrogen (secondary N) is 2. The second kappa shape index (κ2) is 11.7. The molecule has 0 bridgehead atoms. The average molecular weight is 617 g/mol. The van der Waals surface area contributed by atoms with Crippen LogP contribution in [0.5, 0.6) is 0 Å². The first-order valence-corrected chi connectivity index (χ1v) is 13.6.